The number of nitrogens with one attached hydrogen (secondary N) is 3. The first-order valence-electron chi connectivity index (χ1n) is 7.69. The van der Waals surface area contributed by atoms with Gasteiger partial charge in [-0.2, -0.15) is 0 Å². The van der Waals surface area contributed by atoms with Crippen LogP contribution in [0.4, 0.5) is 10.5 Å². The van der Waals surface area contributed by atoms with Crippen LogP contribution in [0.25, 0.3) is 0 Å². The fourth-order valence-electron chi connectivity index (χ4n) is 2.01. The van der Waals surface area contributed by atoms with Crippen molar-refractivity contribution in [1.29, 1.82) is 0 Å². The van der Waals surface area contributed by atoms with Crippen molar-refractivity contribution in [3.05, 3.63) is 17.7 Å². The molecule has 3 amide bonds. The average Bonchev–Trinajstić information content (AvgIpc) is 2.46. The quantitative estimate of drug-likeness (QED) is 0.770. The summed E-state index contributed by atoms with van der Waals surface area (Å²) in [5.74, 6) is 0.845. The minimum absolute atomic E-state index is 0.248. The molecule has 1 atom stereocenters. The SMILES string of the molecule is COc1cc(C)c(NC(=O)NC(C)C(=O)NC(C)(C)C)cc1OC. The minimum Gasteiger partial charge on any atom is -0.493 e. The molecule has 0 bridgehead atoms. The number of amides is 3. The van der Waals surface area contributed by atoms with Gasteiger partial charge >= 0.3 is 6.03 Å². The van der Waals surface area contributed by atoms with Crippen molar-refractivity contribution in [1.82, 2.24) is 10.6 Å². The number of hydrogen-bond donors (Lipinski definition) is 3. The first-order valence-corrected chi connectivity index (χ1v) is 7.69. The zero-order valence-corrected chi connectivity index (χ0v) is 15.4. The van der Waals surface area contributed by atoms with Crippen LogP contribution in [0.3, 0.4) is 0 Å². The number of hydrogen-bond acceptors (Lipinski definition) is 4. The van der Waals surface area contributed by atoms with E-state index in [1.807, 2.05) is 27.7 Å². The molecule has 3 N–H and O–H groups in total. The molecule has 0 heterocycles. The lowest BCUT2D eigenvalue weighted by Crippen LogP contribution is -2.51. The second-order valence-corrected chi connectivity index (χ2v) is 6.58. The van der Waals surface area contributed by atoms with Crippen LogP contribution in [0.1, 0.15) is 33.3 Å². The molecule has 0 aromatic heterocycles. The Bertz CT molecular complexity index is 609. The summed E-state index contributed by atoms with van der Waals surface area (Å²) in [5, 5.41) is 8.14. The molecule has 24 heavy (non-hydrogen) atoms. The lowest BCUT2D eigenvalue weighted by Gasteiger charge is -2.24. The molecule has 0 spiro atoms. The van der Waals surface area contributed by atoms with Gasteiger partial charge in [0.15, 0.2) is 11.5 Å². The Morgan fingerprint density at radius 2 is 1.62 bits per heavy atom. The van der Waals surface area contributed by atoms with Crippen LogP contribution in [0.5, 0.6) is 11.5 Å². The largest absolute Gasteiger partial charge is 0.493 e. The number of rotatable bonds is 5. The van der Waals surface area contributed by atoms with E-state index in [-0.39, 0.29) is 11.4 Å². The van der Waals surface area contributed by atoms with Gasteiger partial charge in [0.1, 0.15) is 6.04 Å². The van der Waals surface area contributed by atoms with Crippen molar-refractivity contribution in [2.45, 2.75) is 46.2 Å². The summed E-state index contributed by atoms with van der Waals surface area (Å²) >= 11 is 0. The molecule has 0 radical (unpaired) electrons. The van der Waals surface area contributed by atoms with Gasteiger partial charge in [-0.15, -0.1) is 0 Å². The van der Waals surface area contributed by atoms with E-state index in [4.69, 9.17) is 9.47 Å². The third-order valence-corrected chi connectivity index (χ3v) is 3.22. The Labute approximate surface area is 143 Å². The first-order chi connectivity index (χ1) is 11.1. The maximum Gasteiger partial charge on any atom is 0.319 e. The zero-order valence-electron chi connectivity index (χ0n) is 15.4. The van der Waals surface area contributed by atoms with Crippen LogP contribution in [0.2, 0.25) is 0 Å². The fraction of sp³-hybridized carbons (Fsp3) is 0.529. The molecule has 0 fully saturated rings. The van der Waals surface area contributed by atoms with Gasteiger partial charge in [0.2, 0.25) is 5.91 Å². The monoisotopic (exact) mass is 337 g/mol. The molecule has 1 aromatic carbocycles. The van der Waals surface area contributed by atoms with Gasteiger partial charge in [-0.3, -0.25) is 4.79 Å². The number of methoxy groups -OCH3 is 2. The molecule has 0 saturated heterocycles. The molecule has 1 rings (SSSR count). The molecular formula is C17H27N3O4. The van der Waals surface area contributed by atoms with E-state index < -0.39 is 12.1 Å². The molecular weight excluding hydrogens is 310 g/mol. The average molecular weight is 337 g/mol. The maximum atomic E-state index is 12.1. The topological polar surface area (TPSA) is 88.7 Å². The van der Waals surface area contributed by atoms with Crippen LogP contribution < -0.4 is 25.4 Å². The highest BCUT2D eigenvalue weighted by atomic mass is 16.5. The number of urea groups is 1. The van der Waals surface area contributed by atoms with Gasteiger partial charge in [0, 0.05) is 17.3 Å². The molecule has 7 heteroatoms. The zero-order chi connectivity index (χ0) is 18.5. The molecule has 1 unspecified atom stereocenters. The number of anilines is 1. The summed E-state index contributed by atoms with van der Waals surface area (Å²) < 4.78 is 10.4. The van der Waals surface area contributed by atoms with E-state index in [0.717, 1.165) is 5.56 Å². The molecule has 1 aromatic rings. The first kappa shape index (κ1) is 19.6. The van der Waals surface area contributed by atoms with Crippen molar-refractivity contribution in [2.24, 2.45) is 0 Å². The van der Waals surface area contributed by atoms with Crippen LogP contribution in [0, 0.1) is 6.92 Å². The highest BCUT2D eigenvalue weighted by molar-refractivity contribution is 5.94. The van der Waals surface area contributed by atoms with Crippen LogP contribution in [-0.2, 0) is 4.79 Å². The van der Waals surface area contributed by atoms with E-state index >= 15 is 0 Å². The third-order valence-electron chi connectivity index (χ3n) is 3.22. The van der Waals surface area contributed by atoms with Crippen molar-refractivity contribution < 1.29 is 19.1 Å². The highest BCUT2D eigenvalue weighted by Gasteiger charge is 2.21. The number of carbonyl (C=O) groups is 2. The number of aryl methyl sites for hydroxylation is 1. The van der Waals surface area contributed by atoms with Gasteiger partial charge in [-0.1, -0.05) is 0 Å². The van der Waals surface area contributed by atoms with Crippen molar-refractivity contribution in [3.63, 3.8) is 0 Å². The lowest BCUT2D eigenvalue weighted by atomic mass is 10.1. The van der Waals surface area contributed by atoms with Crippen LogP contribution in [-0.4, -0.2) is 37.7 Å². The predicted octanol–water partition coefficient (Wildman–Crippen LogP) is 2.44. The summed E-state index contributed by atoms with van der Waals surface area (Å²) in [4.78, 5) is 24.1. The lowest BCUT2D eigenvalue weighted by molar-refractivity contribution is -0.123. The molecule has 0 saturated carbocycles. The molecule has 0 aliphatic heterocycles. The van der Waals surface area contributed by atoms with Crippen molar-refractivity contribution in [3.8, 4) is 11.5 Å². The molecule has 134 valence electrons. The van der Waals surface area contributed by atoms with Crippen LogP contribution >= 0.6 is 0 Å². The standard InChI is InChI=1S/C17H27N3O4/c1-10-8-13(23-6)14(24-7)9-12(10)19-16(22)18-11(2)15(21)20-17(3,4)5/h8-9,11H,1-7H3,(H,20,21)(H2,18,19,22). The fourth-order valence-corrected chi connectivity index (χ4v) is 2.01. The Morgan fingerprint density at radius 3 is 2.12 bits per heavy atom. The summed E-state index contributed by atoms with van der Waals surface area (Å²) in [6.45, 7) is 9.11. The Morgan fingerprint density at radius 1 is 1.08 bits per heavy atom. The van der Waals surface area contributed by atoms with Gasteiger partial charge in [0.05, 0.1) is 14.2 Å². The summed E-state index contributed by atoms with van der Waals surface area (Å²) in [6, 6.07) is 2.31. The summed E-state index contributed by atoms with van der Waals surface area (Å²) in [7, 11) is 3.07. The number of carbonyl (C=O) groups excluding carboxylic acids is 2. The molecule has 0 aliphatic rings. The summed E-state index contributed by atoms with van der Waals surface area (Å²) in [6.07, 6.45) is 0. The Kier molecular flexibility index (Phi) is 6.45. The third kappa shape index (κ3) is 5.64. The Balaban J connectivity index is 2.76. The second-order valence-electron chi connectivity index (χ2n) is 6.58. The van der Waals surface area contributed by atoms with Crippen LogP contribution in [0.15, 0.2) is 12.1 Å². The van der Waals surface area contributed by atoms with Crippen molar-refractivity contribution in [2.75, 3.05) is 19.5 Å². The Hall–Kier alpha value is -2.44. The van der Waals surface area contributed by atoms with E-state index in [9.17, 15) is 9.59 Å². The smallest absolute Gasteiger partial charge is 0.319 e. The highest BCUT2D eigenvalue weighted by Crippen LogP contribution is 2.32. The number of ether oxygens (including phenoxy) is 2. The van der Waals surface area contributed by atoms with Gasteiger partial charge in [-0.25, -0.2) is 4.79 Å². The molecule has 7 nitrogen and oxygen atoms in total. The maximum absolute atomic E-state index is 12.1. The van der Waals surface area contributed by atoms with Gasteiger partial charge in [0.25, 0.3) is 0 Å². The summed E-state index contributed by atoms with van der Waals surface area (Å²) in [5.41, 5.74) is 1.03. The van der Waals surface area contributed by atoms with E-state index in [1.165, 1.54) is 7.11 Å². The van der Waals surface area contributed by atoms with E-state index in [2.05, 4.69) is 16.0 Å². The van der Waals surface area contributed by atoms with Gasteiger partial charge in [-0.05, 0) is 46.2 Å². The predicted molar refractivity (Wildman–Crippen MR) is 93.8 cm³/mol. The van der Waals surface area contributed by atoms with Crippen molar-refractivity contribution >= 4 is 17.6 Å². The van der Waals surface area contributed by atoms with E-state index in [0.29, 0.717) is 17.2 Å². The molecule has 0 aliphatic carbocycles. The number of benzene rings is 1. The normalized spacial score (nSPS) is 12.1. The van der Waals surface area contributed by atoms with E-state index in [1.54, 1.807) is 26.2 Å². The van der Waals surface area contributed by atoms with Gasteiger partial charge < -0.3 is 25.4 Å². The minimum atomic E-state index is -0.662. The second kappa shape index (κ2) is 7.90.